The van der Waals surface area contributed by atoms with E-state index in [0.717, 1.165) is 13.4 Å². The van der Waals surface area contributed by atoms with Gasteiger partial charge in [0.05, 0.1) is 8.95 Å². The van der Waals surface area contributed by atoms with Crippen LogP contribution in [0.2, 0.25) is 0 Å². The van der Waals surface area contributed by atoms with E-state index in [4.69, 9.17) is 10.0 Å². The van der Waals surface area contributed by atoms with Crippen LogP contribution in [0.5, 0.6) is 5.75 Å². The Morgan fingerprint density at radius 1 is 1.29 bits per heavy atom. The maximum Gasteiger partial charge on any atom is 0.177 e. The van der Waals surface area contributed by atoms with Gasteiger partial charge in [-0.1, -0.05) is 26.7 Å². The Bertz CT molecular complexity index is 310. The maximum absolute atomic E-state index is 8.81. The summed E-state index contributed by atoms with van der Waals surface area (Å²) in [6.45, 7) is 0. The Morgan fingerprint density at radius 2 is 1.79 bits per heavy atom. The minimum atomic E-state index is 0.550. The second-order valence-electron chi connectivity index (χ2n) is 2.42. The number of hydrazine groups is 1. The fraction of sp³-hybridized carbons (Fsp3) is 0.143. The van der Waals surface area contributed by atoms with E-state index >= 15 is 0 Å². The van der Waals surface area contributed by atoms with E-state index in [1.165, 1.54) is 7.05 Å². The van der Waals surface area contributed by atoms with Crippen molar-refractivity contribution in [3.8, 4) is 5.75 Å². The lowest BCUT2D eigenvalue weighted by Gasteiger charge is -2.13. The summed E-state index contributed by atoms with van der Waals surface area (Å²) in [5.74, 6) is 0.550. The van der Waals surface area contributed by atoms with Crippen molar-refractivity contribution < 1.29 is 10.0 Å². The van der Waals surface area contributed by atoms with Gasteiger partial charge in [-0.05, 0) is 44.0 Å². The molecule has 0 spiro atoms. The zero-order valence-corrected chi connectivity index (χ0v) is 11.8. The molecule has 0 saturated carbocycles. The second kappa shape index (κ2) is 5.43. The van der Waals surface area contributed by atoms with Crippen LogP contribution < -0.4 is 10.4 Å². The van der Waals surface area contributed by atoms with Crippen LogP contribution in [0.3, 0.4) is 0 Å². The predicted molar refractivity (Wildman–Crippen MR) is 62.9 cm³/mol. The molecule has 0 aliphatic carbocycles. The molecular formula is C7H7Br3N2O2. The van der Waals surface area contributed by atoms with E-state index in [1.807, 2.05) is 12.1 Å². The van der Waals surface area contributed by atoms with Crippen molar-refractivity contribution in [3.63, 3.8) is 0 Å². The van der Waals surface area contributed by atoms with Crippen molar-refractivity contribution in [1.82, 2.24) is 10.8 Å². The van der Waals surface area contributed by atoms with E-state index in [-0.39, 0.29) is 0 Å². The largest absolute Gasteiger partial charge is 0.389 e. The van der Waals surface area contributed by atoms with Crippen molar-refractivity contribution in [2.75, 3.05) is 7.05 Å². The molecule has 7 heteroatoms. The summed E-state index contributed by atoms with van der Waals surface area (Å²) >= 11 is 9.98. The third-order valence-electron chi connectivity index (χ3n) is 1.24. The standard InChI is InChI=1S/C7H7Br3N2O2/c1-12(13)11-14-7-5(9)2-4(8)3-6(7)10/h2-3,11,13H,1H3. The SMILES string of the molecule is CN(O)NOc1c(Br)cc(Br)cc1Br. The fourth-order valence-corrected chi connectivity index (χ4v) is 3.16. The Kier molecular flexibility index (Phi) is 4.81. The van der Waals surface area contributed by atoms with E-state index in [1.54, 1.807) is 0 Å². The first-order valence-corrected chi connectivity index (χ1v) is 5.88. The topological polar surface area (TPSA) is 44.7 Å². The molecule has 14 heavy (non-hydrogen) atoms. The van der Waals surface area contributed by atoms with E-state index < -0.39 is 0 Å². The summed E-state index contributed by atoms with van der Waals surface area (Å²) in [7, 11) is 1.40. The first kappa shape index (κ1) is 12.4. The lowest BCUT2D eigenvalue weighted by atomic mass is 10.3. The van der Waals surface area contributed by atoms with Gasteiger partial charge in [0.1, 0.15) is 0 Å². The number of benzene rings is 1. The van der Waals surface area contributed by atoms with Crippen molar-refractivity contribution in [3.05, 3.63) is 25.6 Å². The Labute approximate surface area is 106 Å². The molecule has 4 nitrogen and oxygen atoms in total. The predicted octanol–water partition coefficient (Wildman–Crippen LogP) is 3.09. The smallest absolute Gasteiger partial charge is 0.177 e. The van der Waals surface area contributed by atoms with Crippen molar-refractivity contribution >= 4 is 47.8 Å². The van der Waals surface area contributed by atoms with Crippen LogP contribution in [0, 0.1) is 0 Å². The molecule has 0 aromatic heterocycles. The molecule has 0 heterocycles. The van der Waals surface area contributed by atoms with Gasteiger partial charge in [0, 0.05) is 11.5 Å². The summed E-state index contributed by atoms with van der Waals surface area (Å²) in [5, 5.41) is 9.52. The normalized spacial score (nSPS) is 10.7. The average molecular weight is 391 g/mol. The lowest BCUT2D eigenvalue weighted by Crippen LogP contribution is -2.34. The van der Waals surface area contributed by atoms with Crippen LogP contribution in [-0.2, 0) is 0 Å². The molecule has 2 N–H and O–H groups in total. The molecule has 0 unspecified atom stereocenters. The van der Waals surface area contributed by atoms with Gasteiger partial charge in [-0.15, -0.1) is 0 Å². The highest BCUT2D eigenvalue weighted by Crippen LogP contribution is 2.35. The van der Waals surface area contributed by atoms with E-state index in [9.17, 15) is 0 Å². The molecule has 0 atom stereocenters. The van der Waals surface area contributed by atoms with Gasteiger partial charge in [0.15, 0.2) is 5.75 Å². The molecule has 0 bridgehead atoms. The summed E-state index contributed by atoms with van der Waals surface area (Å²) in [6.07, 6.45) is 0. The number of nitrogens with zero attached hydrogens (tertiary/aromatic N) is 1. The number of halogens is 3. The number of nitrogens with one attached hydrogen (secondary N) is 1. The van der Waals surface area contributed by atoms with Crippen LogP contribution in [-0.4, -0.2) is 17.4 Å². The van der Waals surface area contributed by atoms with Crippen molar-refractivity contribution in [2.24, 2.45) is 0 Å². The van der Waals surface area contributed by atoms with Crippen LogP contribution in [0.4, 0.5) is 0 Å². The number of rotatable bonds is 3. The molecule has 0 aliphatic heterocycles. The zero-order chi connectivity index (χ0) is 10.7. The molecule has 0 radical (unpaired) electrons. The third kappa shape index (κ3) is 3.48. The highest BCUT2D eigenvalue weighted by atomic mass is 79.9. The van der Waals surface area contributed by atoms with Crippen molar-refractivity contribution in [2.45, 2.75) is 0 Å². The number of hydrogen-bond donors (Lipinski definition) is 2. The number of hydroxylamine groups is 1. The van der Waals surface area contributed by atoms with Gasteiger partial charge in [-0.2, -0.15) is 0 Å². The number of hydrogen-bond acceptors (Lipinski definition) is 4. The Balaban J connectivity index is 2.86. The molecule has 78 valence electrons. The zero-order valence-electron chi connectivity index (χ0n) is 7.09. The van der Waals surface area contributed by atoms with Crippen LogP contribution in [0.1, 0.15) is 0 Å². The van der Waals surface area contributed by atoms with Gasteiger partial charge in [-0.25, -0.2) is 0 Å². The molecule has 1 aromatic rings. The van der Waals surface area contributed by atoms with Gasteiger partial charge in [0.25, 0.3) is 0 Å². The molecule has 1 rings (SSSR count). The fourth-order valence-electron chi connectivity index (χ4n) is 0.738. The quantitative estimate of drug-likeness (QED) is 0.778. The maximum atomic E-state index is 8.81. The first-order chi connectivity index (χ1) is 6.50. The summed E-state index contributed by atoms with van der Waals surface area (Å²) in [4.78, 5) is 5.10. The van der Waals surface area contributed by atoms with Gasteiger partial charge >= 0.3 is 0 Å². The van der Waals surface area contributed by atoms with Crippen molar-refractivity contribution in [1.29, 1.82) is 0 Å². The molecule has 0 saturated heterocycles. The lowest BCUT2D eigenvalue weighted by molar-refractivity contribution is -0.185. The molecule has 1 aromatic carbocycles. The Hall–Kier alpha value is 0.340. The molecule has 0 aliphatic rings. The molecule has 0 amide bonds. The third-order valence-corrected chi connectivity index (χ3v) is 2.88. The Morgan fingerprint density at radius 3 is 2.21 bits per heavy atom. The monoisotopic (exact) mass is 388 g/mol. The summed E-state index contributed by atoms with van der Waals surface area (Å²) in [6, 6.07) is 3.66. The van der Waals surface area contributed by atoms with Gasteiger partial charge in [-0.3, -0.25) is 5.21 Å². The summed E-state index contributed by atoms with van der Waals surface area (Å²) < 4.78 is 2.43. The van der Waals surface area contributed by atoms with Gasteiger partial charge < -0.3 is 4.84 Å². The average Bonchev–Trinajstić information content (AvgIpc) is 2.01. The van der Waals surface area contributed by atoms with E-state index in [2.05, 4.69) is 53.4 Å². The van der Waals surface area contributed by atoms with Crippen LogP contribution in [0.15, 0.2) is 25.6 Å². The van der Waals surface area contributed by atoms with Gasteiger partial charge in [0.2, 0.25) is 0 Å². The first-order valence-electron chi connectivity index (χ1n) is 3.50. The summed E-state index contributed by atoms with van der Waals surface area (Å²) in [5.41, 5.74) is 2.28. The highest BCUT2D eigenvalue weighted by molar-refractivity contribution is 9.11. The van der Waals surface area contributed by atoms with Crippen LogP contribution in [0.25, 0.3) is 0 Å². The minimum Gasteiger partial charge on any atom is -0.389 e. The van der Waals surface area contributed by atoms with Crippen LogP contribution >= 0.6 is 47.8 Å². The second-order valence-corrected chi connectivity index (χ2v) is 5.04. The minimum absolute atomic E-state index is 0.550. The molecular weight excluding hydrogens is 384 g/mol. The molecule has 0 fully saturated rings. The highest BCUT2D eigenvalue weighted by Gasteiger charge is 2.08. The van der Waals surface area contributed by atoms with E-state index in [0.29, 0.717) is 10.9 Å².